The third kappa shape index (κ3) is 2.14. The maximum atomic E-state index is 12.5. The number of aromatic hydroxyl groups is 1. The van der Waals surface area contributed by atoms with Crippen LogP contribution in [0.25, 0.3) is 0 Å². The van der Waals surface area contributed by atoms with E-state index in [4.69, 9.17) is 9.57 Å². The van der Waals surface area contributed by atoms with E-state index >= 15 is 0 Å². The van der Waals surface area contributed by atoms with Crippen LogP contribution in [-0.2, 0) is 19.2 Å². The van der Waals surface area contributed by atoms with Gasteiger partial charge in [-0.15, -0.1) is 5.06 Å². The van der Waals surface area contributed by atoms with Crippen molar-refractivity contribution in [3.63, 3.8) is 0 Å². The van der Waals surface area contributed by atoms with Gasteiger partial charge in [-0.1, -0.05) is 0 Å². The van der Waals surface area contributed by atoms with E-state index in [1.165, 1.54) is 6.07 Å². The van der Waals surface area contributed by atoms with E-state index < -0.39 is 29.6 Å². The van der Waals surface area contributed by atoms with Gasteiger partial charge < -0.3 is 14.7 Å². The van der Waals surface area contributed by atoms with Crippen molar-refractivity contribution in [1.82, 2.24) is 5.06 Å². The summed E-state index contributed by atoms with van der Waals surface area (Å²) < 4.78 is 6.19. The molecular weight excluding hydrogens is 450 g/mol. The van der Waals surface area contributed by atoms with Gasteiger partial charge in [-0.05, 0) is 56.8 Å². The van der Waals surface area contributed by atoms with E-state index in [0.717, 1.165) is 12.8 Å². The van der Waals surface area contributed by atoms with Crippen molar-refractivity contribution in [1.29, 1.82) is 0 Å². The highest BCUT2D eigenvalue weighted by Crippen LogP contribution is 2.48. The highest BCUT2D eigenvalue weighted by molar-refractivity contribution is 9.11. The van der Waals surface area contributed by atoms with E-state index in [2.05, 4.69) is 31.9 Å². The number of ether oxygens (including phenoxy) is 1. The van der Waals surface area contributed by atoms with Crippen molar-refractivity contribution in [3.05, 3.63) is 26.6 Å². The molecule has 2 amide bonds. The normalized spacial score (nSPS) is 30.8. The van der Waals surface area contributed by atoms with Crippen molar-refractivity contribution in [2.45, 2.75) is 25.0 Å². The zero-order valence-electron chi connectivity index (χ0n) is 12.1. The predicted octanol–water partition coefficient (Wildman–Crippen LogP) is 2.15. The summed E-state index contributed by atoms with van der Waals surface area (Å²) >= 11 is 6.25. The van der Waals surface area contributed by atoms with Gasteiger partial charge in [0.05, 0.1) is 28.5 Å². The van der Waals surface area contributed by atoms with Gasteiger partial charge in [0.25, 0.3) is 11.8 Å². The van der Waals surface area contributed by atoms with Gasteiger partial charge in [0.2, 0.25) is 0 Å². The molecule has 0 saturated carbocycles. The molecule has 4 rings (SSSR count). The number of imide groups is 1. The van der Waals surface area contributed by atoms with Crippen LogP contribution in [0.1, 0.15) is 23.2 Å². The Hall–Kier alpha value is -1.45. The lowest BCUT2D eigenvalue weighted by Gasteiger charge is -2.17. The number of hydrogen-bond donors (Lipinski definition) is 1. The number of fused-ring (bicyclic) bond motifs is 5. The van der Waals surface area contributed by atoms with Crippen LogP contribution >= 0.6 is 31.9 Å². The van der Waals surface area contributed by atoms with Gasteiger partial charge in [0, 0.05) is 4.47 Å². The zero-order valence-corrected chi connectivity index (χ0v) is 15.2. The van der Waals surface area contributed by atoms with E-state index in [0.29, 0.717) is 9.54 Å². The molecule has 3 heterocycles. The summed E-state index contributed by atoms with van der Waals surface area (Å²) in [7, 11) is 0. The van der Waals surface area contributed by atoms with Crippen molar-refractivity contribution in [2.75, 3.05) is 0 Å². The molecule has 0 radical (unpaired) electrons. The van der Waals surface area contributed by atoms with Gasteiger partial charge in [0.15, 0.2) is 0 Å². The number of carbonyl (C=O) groups is 3. The number of benzene rings is 1. The van der Waals surface area contributed by atoms with E-state index in [1.54, 1.807) is 6.07 Å². The number of rotatable bonds is 2. The summed E-state index contributed by atoms with van der Waals surface area (Å²) in [6, 6.07) is 3.08. The average Bonchev–Trinajstić information content (AvgIpc) is 3.21. The first-order chi connectivity index (χ1) is 11.4. The summed E-state index contributed by atoms with van der Waals surface area (Å²) in [5.41, 5.74) is -0.166. The van der Waals surface area contributed by atoms with Crippen LogP contribution in [0.5, 0.6) is 5.75 Å². The Kier molecular flexibility index (Phi) is 3.70. The highest BCUT2D eigenvalue weighted by atomic mass is 79.9. The van der Waals surface area contributed by atoms with Crippen molar-refractivity contribution in [3.8, 4) is 5.75 Å². The first-order valence-electron chi connectivity index (χ1n) is 7.32. The second-order valence-electron chi connectivity index (χ2n) is 5.94. The number of hydrogen-bond acceptors (Lipinski definition) is 6. The fourth-order valence-electron chi connectivity index (χ4n) is 3.64. The van der Waals surface area contributed by atoms with Gasteiger partial charge in [-0.3, -0.25) is 9.59 Å². The lowest BCUT2D eigenvalue weighted by Crippen LogP contribution is -2.36. The molecule has 7 nitrogen and oxygen atoms in total. The topological polar surface area (TPSA) is 93.1 Å². The van der Waals surface area contributed by atoms with Crippen LogP contribution in [0.2, 0.25) is 0 Å². The number of amides is 2. The van der Waals surface area contributed by atoms with E-state index in [-0.39, 0.29) is 28.0 Å². The Morgan fingerprint density at radius 1 is 1.12 bits per heavy atom. The van der Waals surface area contributed by atoms with Gasteiger partial charge >= 0.3 is 5.97 Å². The molecule has 9 heteroatoms. The minimum atomic E-state index is -0.990. The summed E-state index contributed by atoms with van der Waals surface area (Å²) in [6.45, 7) is 0. The average molecular weight is 461 g/mol. The van der Waals surface area contributed by atoms with Crippen LogP contribution in [0.3, 0.4) is 0 Å². The Balaban J connectivity index is 1.60. The molecule has 4 unspecified atom stereocenters. The first kappa shape index (κ1) is 16.0. The maximum Gasteiger partial charge on any atom is 0.368 e. The quantitative estimate of drug-likeness (QED) is 0.679. The van der Waals surface area contributed by atoms with Crippen LogP contribution in [0, 0.1) is 11.8 Å². The number of nitrogens with zero attached hydrogens (tertiary/aromatic N) is 1. The molecule has 3 fully saturated rings. The monoisotopic (exact) mass is 459 g/mol. The zero-order chi connectivity index (χ0) is 17.2. The second kappa shape index (κ2) is 5.53. The molecule has 0 spiro atoms. The summed E-state index contributed by atoms with van der Waals surface area (Å²) in [4.78, 5) is 42.3. The largest absolute Gasteiger partial charge is 0.506 e. The lowest BCUT2D eigenvalue weighted by molar-refractivity contribution is -0.177. The number of halogens is 2. The number of phenolic OH excluding ortho intramolecular Hbond substituents is 1. The molecular formula is C15H11Br2NO6. The Morgan fingerprint density at radius 3 is 2.25 bits per heavy atom. The number of carbonyl (C=O) groups excluding carboxylic acids is 3. The Bertz CT molecular complexity index is 753. The first-order valence-corrected chi connectivity index (χ1v) is 8.91. The molecule has 1 aromatic carbocycles. The SMILES string of the molecule is O=C(ON1C(=O)C2C3CCC(O3)C2C1=O)c1c(Br)ccc(Br)c1O. The van der Waals surface area contributed by atoms with E-state index in [9.17, 15) is 19.5 Å². The fraction of sp³-hybridized carbons (Fsp3) is 0.400. The lowest BCUT2D eigenvalue weighted by atomic mass is 9.81. The molecule has 126 valence electrons. The van der Waals surface area contributed by atoms with Crippen molar-refractivity contribution >= 4 is 49.6 Å². The van der Waals surface area contributed by atoms with Gasteiger partial charge in [-0.2, -0.15) is 0 Å². The molecule has 1 aromatic rings. The molecule has 3 saturated heterocycles. The Morgan fingerprint density at radius 2 is 1.67 bits per heavy atom. The molecule has 3 aliphatic heterocycles. The van der Waals surface area contributed by atoms with E-state index in [1.807, 2.05) is 0 Å². The van der Waals surface area contributed by atoms with Gasteiger partial charge in [-0.25, -0.2) is 4.79 Å². The van der Waals surface area contributed by atoms with Crippen LogP contribution in [-0.4, -0.2) is 40.2 Å². The van der Waals surface area contributed by atoms with Crippen molar-refractivity contribution in [2.24, 2.45) is 11.8 Å². The number of hydroxylamine groups is 2. The highest BCUT2D eigenvalue weighted by Gasteiger charge is 2.63. The molecule has 4 atom stereocenters. The minimum Gasteiger partial charge on any atom is -0.506 e. The fourth-order valence-corrected chi connectivity index (χ4v) is 4.45. The van der Waals surface area contributed by atoms with Crippen LogP contribution < -0.4 is 0 Å². The second-order valence-corrected chi connectivity index (χ2v) is 7.65. The summed E-state index contributed by atoms with van der Waals surface area (Å²) in [5.74, 6) is -3.60. The summed E-state index contributed by atoms with van der Waals surface area (Å²) in [6.07, 6.45) is 0.882. The molecule has 0 aromatic heterocycles. The Labute approximate surface area is 153 Å². The van der Waals surface area contributed by atoms with Crippen molar-refractivity contribution < 1.29 is 29.1 Å². The van der Waals surface area contributed by atoms with Gasteiger partial charge in [0.1, 0.15) is 11.3 Å². The molecule has 0 aliphatic carbocycles. The van der Waals surface area contributed by atoms with Crippen LogP contribution in [0.15, 0.2) is 21.1 Å². The summed E-state index contributed by atoms with van der Waals surface area (Å²) in [5, 5.41) is 10.5. The molecule has 2 bridgehead atoms. The minimum absolute atomic E-state index is 0.166. The van der Waals surface area contributed by atoms with Crippen LogP contribution in [0.4, 0.5) is 0 Å². The molecule has 24 heavy (non-hydrogen) atoms. The smallest absolute Gasteiger partial charge is 0.368 e. The maximum absolute atomic E-state index is 12.5. The number of phenols is 1. The molecule has 3 aliphatic rings. The molecule has 1 N–H and O–H groups in total. The predicted molar refractivity (Wildman–Crippen MR) is 85.7 cm³/mol. The third-order valence-electron chi connectivity index (χ3n) is 4.70. The standard InChI is InChI=1S/C15H11Br2NO6/c16-5-1-2-6(17)12(19)9(5)15(22)24-18-13(20)10-7-3-4-8(23-7)11(10)14(18)21/h1-2,7-8,10-11,19H,3-4H2. The third-order valence-corrected chi connectivity index (χ3v) is 6.00.